The maximum Gasteiger partial charge on any atom is 0.417 e. The maximum absolute atomic E-state index is 13.1. The second-order valence-corrected chi connectivity index (χ2v) is 8.85. The standard InChI is InChI=1S/C24H21ClF3N5O/c1-33-12-13(11-29-33)16-3-2-4-21-22(16)17-9-14(6-8-20(17)32-21)30-23(34)31-15-5-7-19(25)18(10-15)24(26,27)28/h2-5,7,10-12,14,32H,6,8-9H2,1H3,(H2,30,31,34). The zero-order chi connectivity index (χ0) is 24.0. The van der Waals surface area contributed by atoms with Gasteiger partial charge in [-0.25, -0.2) is 4.79 Å². The van der Waals surface area contributed by atoms with Crippen molar-refractivity contribution in [3.05, 3.63) is 70.6 Å². The Morgan fingerprint density at radius 1 is 1.26 bits per heavy atom. The average Bonchev–Trinajstić information content (AvgIpc) is 3.37. The van der Waals surface area contributed by atoms with E-state index in [9.17, 15) is 18.0 Å². The molecule has 2 amide bonds. The molecule has 0 aliphatic heterocycles. The minimum absolute atomic E-state index is 0.0247. The van der Waals surface area contributed by atoms with Crippen molar-refractivity contribution in [2.75, 3.05) is 5.32 Å². The third-order valence-electron chi connectivity index (χ3n) is 6.09. The third-order valence-corrected chi connectivity index (χ3v) is 6.42. The number of H-pyrrole nitrogens is 1. The Hall–Kier alpha value is -3.46. The molecule has 0 fully saturated rings. The summed E-state index contributed by atoms with van der Waals surface area (Å²) in [5, 5.41) is 10.4. The first-order chi connectivity index (χ1) is 16.2. The summed E-state index contributed by atoms with van der Waals surface area (Å²) in [4.78, 5) is 16.1. The van der Waals surface area contributed by atoms with Gasteiger partial charge in [0.05, 0.1) is 16.8 Å². The molecule has 4 aromatic rings. The van der Waals surface area contributed by atoms with E-state index in [2.05, 4.69) is 26.8 Å². The fraction of sp³-hybridized carbons (Fsp3) is 0.250. The number of carbonyl (C=O) groups excluding carboxylic acids is 1. The van der Waals surface area contributed by atoms with E-state index in [-0.39, 0.29) is 11.7 Å². The Balaban J connectivity index is 1.36. The Labute approximate surface area is 198 Å². The number of amides is 2. The number of aryl methyl sites for hydroxylation is 2. The minimum atomic E-state index is -4.60. The van der Waals surface area contributed by atoms with Crippen LogP contribution in [0.5, 0.6) is 0 Å². The van der Waals surface area contributed by atoms with Crippen molar-refractivity contribution < 1.29 is 18.0 Å². The number of hydrogen-bond donors (Lipinski definition) is 3. The number of benzene rings is 2. The van der Waals surface area contributed by atoms with Gasteiger partial charge in [-0.1, -0.05) is 23.7 Å². The number of aromatic nitrogens is 3. The van der Waals surface area contributed by atoms with Crippen LogP contribution in [0.3, 0.4) is 0 Å². The highest BCUT2D eigenvalue weighted by molar-refractivity contribution is 6.31. The number of urea groups is 1. The molecule has 0 bridgehead atoms. The molecule has 176 valence electrons. The predicted octanol–water partition coefficient (Wildman–Crippen LogP) is 5.92. The van der Waals surface area contributed by atoms with Crippen LogP contribution in [0.2, 0.25) is 5.02 Å². The van der Waals surface area contributed by atoms with Crippen molar-refractivity contribution in [1.82, 2.24) is 20.1 Å². The lowest BCUT2D eigenvalue weighted by molar-refractivity contribution is -0.137. The quantitative estimate of drug-likeness (QED) is 0.335. The van der Waals surface area contributed by atoms with Crippen molar-refractivity contribution >= 4 is 34.2 Å². The lowest BCUT2D eigenvalue weighted by Crippen LogP contribution is -2.41. The van der Waals surface area contributed by atoms with Gasteiger partial charge in [0.25, 0.3) is 0 Å². The minimum Gasteiger partial charge on any atom is -0.358 e. The Bertz CT molecular complexity index is 1390. The SMILES string of the molecule is Cn1cc(-c2cccc3[nH]c4c(c23)CC(NC(=O)Nc2ccc(Cl)c(C(F)(F)F)c2)CC4)cn1. The van der Waals surface area contributed by atoms with Gasteiger partial charge in [0.15, 0.2) is 0 Å². The normalized spacial score (nSPS) is 15.9. The van der Waals surface area contributed by atoms with Crippen LogP contribution in [0.1, 0.15) is 23.2 Å². The zero-order valence-electron chi connectivity index (χ0n) is 18.1. The van der Waals surface area contributed by atoms with E-state index in [1.54, 1.807) is 4.68 Å². The lowest BCUT2D eigenvalue weighted by Gasteiger charge is -2.24. The molecule has 1 atom stereocenters. The highest BCUT2D eigenvalue weighted by Crippen LogP contribution is 2.37. The molecule has 10 heteroatoms. The summed E-state index contributed by atoms with van der Waals surface area (Å²) in [6.45, 7) is 0. The van der Waals surface area contributed by atoms with E-state index in [1.807, 2.05) is 31.6 Å². The number of hydrogen-bond acceptors (Lipinski definition) is 2. The molecule has 3 N–H and O–H groups in total. The van der Waals surface area contributed by atoms with Gasteiger partial charge < -0.3 is 15.6 Å². The van der Waals surface area contributed by atoms with Crippen LogP contribution < -0.4 is 10.6 Å². The van der Waals surface area contributed by atoms with Crippen molar-refractivity contribution in [3.8, 4) is 11.1 Å². The van der Waals surface area contributed by atoms with Gasteiger partial charge in [-0.05, 0) is 54.7 Å². The van der Waals surface area contributed by atoms with Crippen molar-refractivity contribution in [1.29, 1.82) is 0 Å². The number of halogens is 4. The molecular weight excluding hydrogens is 467 g/mol. The zero-order valence-corrected chi connectivity index (χ0v) is 18.9. The second-order valence-electron chi connectivity index (χ2n) is 8.44. The number of carbonyl (C=O) groups is 1. The first-order valence-corrected chi connectivity index (χ1v) is 11.1. The summed E-state index contributed by atoms with van der Waals surface area (Å²) >= 11 is 5.66. The number of nitrogens with zero attached hydrogens (tertiary/aromatic N) is 2. The fourth-order valence-corrected chi connectivity index (χ4v) is 4.80. The Morgan fingerprint density at radius 3 is 2.82 bits per heavy atom. The van der Waals surface area contributed by atoms with E-state index in [4.69, 9.17) is 11.6 Å². The van der Waals surface area contributed by atoms with Gasteiger partial charge >= 0.3 is 12.2 Å². The second kappa shape index (κ2) is 8.39. The number of nitrogens with one attached hydrogen (secondary N) is 3. The smallest absolute Gasteiger partial charge is 0.358 e. The highest BCUT2D eigenvalue weighted by atomic mass is 35.5. The third kappa shape index (κ3) is 4.23. The topological polar surface area (TPSA) is 74.7 Å². The van der Waals surface area contributed by atoms with Crippen LogP contribution in [-0.4, -0.2) is 26.8 Å². The van der Waals surface area contributed by atoms with Gasteiger partial charge in [-0.3, -0.25) is 4.68 Å². The molecule has 5 rings (SSSR count). The largest absolute Gasteiger partial charge is 0.417 e. The van der Waals surface area contributed by atoms with Crippen LogP contribution in [0.25, 0.3) is 22.0 Å². The van der Waals surface area contributed by atoms with E-state index in [0.29, 0.717) is 12.8 Å². The molecule has 1 unspecified atom stereocenters. The van der Waals surface area contributed by atoms with Crippen LogP contribution in [-0.2, 0) is 26.1 Å². The molecule has 1 aliphatic rings. The van der Waals surface area contributed by atoms with Crippen LogP contribution in [0, 0.1) is 0 Å². The van der Waals surface area contributed by atoms with Gasteiger partial charge in [-0.15, -0.1) is 0 Å². The molecule has 6 nitrogen and oxygen atoms in total. The summed E-state index contributed by atoms with van der Waals surface area (Å²) < 4.78 is 41.1. The van der Waals surface area contributed by atoms with E-state index >= 15 is 0 Å². The summed E-state index contributed by atoms with van der Waals surface area (Å²) in [6.07, 6.45) is 1.24. The van der Waals surface area contributed by atoms with Crippen LogP contribution in [0.4, 0.5) is 23.7 Å². The van der Waals surface area contributed by atoms with E-state index in [1.165, 1.54) is 6.07 Å². The predicted molar refractivity (Wildman–Crippen MR) is 125 cm³/mol. The van der Waals surface area contributed by atoms with Gasteiger partial charge in [-0.2, -0.15) is 18.3 Å². The average molecular weight is 488 g/mol. The first kappa shape index (κ1) is 22.3. The molecular formula is C24H21ClF3N5O. The summed E-state index contributed by atoms with van der Waals surface area (Å²) in [7, 11) is 1.87. The number of aromatic amines is 1. The van der Waals surface area contributed by atoms with Crippen LogP contribution in [0.15, 0.2) is 48.8 Å². The maximum atomic E-state index is 13.1. The molecule has 1 aliphatic carbocycles. The Morgan fingerprint density at radius 2 is 2.09 bits per heavy atom. The lowest BCUT2D eigenvalue weighted by atomic mass is 9.89. The van der Waals surface area contributed by atoms with E-state index < -0.39 is 22.8 Å². The number of alkyl halides is 3. The Kier molecular flexibility index (Phi) is 5.51. The molecule has 0 radical (unpaired) electrons. The molecule has 0 spiro atoms. The van der Waals surface area contributed by atoms with Gasteiger partial charge in [0, 0.05) is 47.1 Å². The molecule has 0 saturated carbocycles. The number of fused-ring (bicyclic) bond motifs is 3. The van der Waals surface area contributed by atoms with Gasteiger partial charge in [0.1, 0.15) is 0 Å². The highest BCUT2D eigenvalue weighted by Gasteiger charge is 2.33. The molecule has 2 aromatic carbocycles. The van der Waals surface area contributed by atoms with Crippen molar-refractivity contribution in [2.24, 2.45) is 7.05 Å². The molecule has 34 heavy (non-hydrogen) atoms. The van der Waals surface area contributed by atoms with Gasteiger partial charge in [0.2, 0.25) is 0 Å². The van der Waals surface area contributed by atoms with Crippen molar-refractivity contribution in [2.45, 2.75) is 31.5 Å². The number of rotatable bonds is 3. The summed E-state index contributed by atoms with van der Waals surface area (Å²) in [5.41, 5.74) is 4.40. The molecule has 0 saturated heterocycles. The van der Waals surface area contributed by atoms with Crippen LogP contribution >= 0.6 is 11.6 Å². The first-order valence-electron chi connectivity index (χ1n) is 10.7. The monoisotopic (exact) mass is 487 g/mol. The summed E-state index contributed by atoms with van der Waals surface area (Å²) in [5.74, 6) is 0. The molecule has 2 aromatic heterocycles. The van der Waals surface area contributed by atoms with E-state index in [0.717, 1.165) is 51.8 Å². The summed E-state index contributed by atoms with van der Waals surface area (Å²) in [6, 6.07) is 8.66. The fourth-order valence-electron chi connectivity index (χ4n) is 4.57. The number of anilines is 1. The van der Waals surface area contributed by atoms with Crippen molar-refractivity contribution in [3.63, 3.8) is 0 Å². The molecule has 2 heterocycles.